The van der Waals surface area contributed by atoms with Crippen molar-refractivity contribution >= 4 is 36.0 Å². The fraction of sp³-hybridized carbons (Fsp3) is 0.895. The van der Waals surface area contributed by atoms with Gasteiger partial charge in [0.05, 0.1) is 13.2 Å². The Morgan fingerprint density at radius 1 is 1.18 bits per heavy atom. The number of methoxy groups -OCH3 is 1. The molecule has 0 aromatic heterocycles. The van der Waals surface area contributed by atoms with Crippen molar-refractivity contribution in [3.8, 4) is 0 Å². The molecule has 1 unspecified atom stereocenters. The molecule has 2 N–H and O–H groups in total. The molecule has 1 atom stereocenters. The molecule has 0 aliphatic rings. The van der Waals surface area contributed by atoms with E-state index in [1.807, 2.05) is 27.7 Å². The molecule has 0 saturated carbocycles. The van der Waals surface area contributed by atoms with Gasteiger partial charge >= 0.3 is 6.09 Å². The second-order valence-corrected chi connectivity index (χ2v) is 7.57. The minimum Gasteiger partial charge on any atom is -0.444 e. The van der Waals surface area contributed by atoms with E-state index in [0.717, 1.165) is 25.5 Å². The fourth-order valence-corrected chi connectivity index (χ4v) is 2.15. The Bertz CT molecular complexity index is 431. The number of carbonyl (C=O) groups excluding carboxylic acids is 1. The lowest BCUT2D eigenvalue weighted by atomic mass is 10.2. The molecule has 0 fully saturated rings. The van der Waals surface area contributed by atoms with Crippen molar-refractivity contribution < 1.29 is 19.0 Å². The molecule has 0 radical (unpaired) electrons. The van der Waals surface area contributed by atoms with Crippen LogP contribution in [0.2, 0.25) is 0 Å². The Morgan fingerprint density at radius 2 is 1.86 bits per heavy atom. The van der Waals surface area contributed by atoms with Gasteiger partial charge in [0.1, 0.15) is 5.60 Å². The van der Waals surface area contributed by atoms with E-state index in [9.17, 15) is 4.79 Å². The molecule has 9 heteroatoms. The normalized spacial score (nSPS) is 12.8. The number of carbonyl (C=O) groups is 1. The van der Waals surface area contributed by atoms with E-state index in [2.05, 4.69) is 22.5 Å². The van der Waals surface area contributed by atoms with Crippen LogP contribution in [0.15, 0.2) is 4.99 Å². The van der Waals surface area contributed by atoms with Crippen LogP contribution in [0, 0.1) is 5.92 Å². The first kappa shape index (κ1) is 29.4. The number of ether oxygens (including phenoxy) is 3. The molecule has 0 spiro atoms. The van der Waals surface area contributed by atoms with E-state index in [0.29, 0.717) is 32.9 Å². The first-order valence-electron chi connectivity index (χ1n) is 9.72. The summed E-state index contributed by atoms with van der Waals surface area (Å²) in [5, 5.41) is 6.53. The van der Waals surface area contributed by atoms with E-state index in [-0.39, 0.29) is 36.0 Å². The lowest BCUT2D eigenvalue weighted by Gasteiger charge is -2.26. The number of guanidine groups is 1. The largest absolute Gasteiger partial charge is 0.444 e. The summed E-state index contributed by atoms with van der Waals surface area (Å²) in [5.41, 5.74) is -0.484. The number of hydrogen-bond donors (Lipinski definition) is 2. The molecule has 0 bridgehead atoms. The number of nitrogens with one attached hydrogen (secondary N) is 2. The summed E-state index contributed by atoms with van der Waals surface area (Å²) in [5.74, 6) is 0.997. The number of halogens is 1. The highest BCUT2D eigenvalue weighted by Gasteiger charge is 2.20. The molecule has 1 amide bonds. The van der Waals surface area contributed by atoms with Crippen LogP contribution < -0.4 is 10.6 Å². The molecule has 0 aromatic carbocycles. The molecular weight excluding hydrogens is 475 g/mol. The third-order valence-electron chi connectivity index (χ3n) is 3.39. The molecule has 0 heterocycles. The van der Waals surface area contributed by atoms with E-state index < -0.39 is 5.60 Å². The Morgan fingerprint density at radius 3 is 2.43 bits per heavy atom. The summed E-state index contributed by atoms with van der Waals surface area (Å²) in [7, 11) is 3.41. The Balaban J connectivity index is 0. The highest BCUT2D eigenvalue weighted by molar-refractivity contribution is 14.0. The predicted molar refractivity (Wildman–Crippen MR) is 125 cm³/mol. The van der Waals surface area contributed by atoms with Gasteiger partial charge < -0.3 is 29.7 Å². The highest BCUT2D eigenvalue weighted by Crippen LogP contribution is 2.10. The van der Waals surface area contributed by atoms with Crippen LogP contribution in [0.5, 0.6) is 0 Å². The Hall–Kier alpha value is -0.810. The van der Waals surface area contributed by atoms with Crippen LogP contribution in [-0.2, 0) is 14.2 Å². The number of hydrogen-bond acceptors (Lipinski definition) is 5. The lowest BCUT2D eigenvalue weighted by Crippen LogP contribution is -2.39. The van der Waals surface area contributed by atoms with E-state index in [1.165, 1.54) is 0 Å². The van der Waals surface area contributed by atoms with Crippen molar-refractivity contribution in [2.75, 3.05) is 60.2 Å². The third kappa shape index (κ3) is 17.3. The average molecular weight is 516 g/mol. The van der Waals surface area contributed by atoms with Gasteiger partial charge in [-0.2, -0.15) is 0 Å². The molecule has 8 nitrogen and oxygen atoms in total. The summed E-state index contributed by atoms with van der Waals surface area (Å²) in [6, 6.07) is 0. The number of nitrogens with zero attached hydrogens (tertiary/aromatic N) is 2. The molecule has 168 valence electrons. The lowest BCUT2D eigenvalue weighted by molar-refractivity contribution is 0.0279. The van der Waals surface area contributed by atoms with Gasteiger partial charge in [0, 0.05) is 46.9 Å². The molecule has 0 saturated heterocycles. The third-order valence-corrected chi connectivity index (χ3v) is 3.39. The van der Waals surface area contributed by atoms with Gasteiger partial charge in [-0.15, -0.1) is 24.0 Å². The zero-order valence-electron chi connectivity index (χ0n) is 18.7. The summed E-state index contributed by atoms with van der Waals surface area (Å²) in [6.45, 7) is 14.4. The molecular formula is C19H41IN4O4. The van der Waals surface area contributed by atoms with E-state index >= 15 is 0 Å². The smallest absolute Gasteiger partial charge is 0.410 e. The summed E-state index contributed by atoms with van der Waals surface area (Å²) >= 11 is 0. The number of amides is 1. The maximum Gasteiger partial charge on any atom is 0.410 e. The van der Waals surface area contributed by atoms with Crippen LogP contribution in [0.4, 0.5) is 4.79 Å². The molecule has 0 aromatic rings. The standard InChI is InChI=1S/C19H40N4O4.HI/c1-8-20-17(21-10-9-11-26-13-12-25-7)22-14-16(2)15-23(6)18(24)27-19(3,4)5;/h16H,8-15H2,1-7H3,(H2,20,21,22);1H. The minimum atomic E-state index is -0.484. The van der Waals surface area contributed by atoms with Gasteiger partial charge in [-0.25, -0.2) is 4.79 Å². The Kier molecular flexibility index (Phi) is 17.9. The van der Waals surface area contributed by atoms with Gasteiger partial charge in [0.25, 0.3) is 0 Å². The zero-order valence-corrected chi connectivity index (χ0v) is 21.0. The van der Waals surface area contributed by atoms with Crippen molar-refractivity contribution in [2.24, 2.45) is 10.9 Å². The van der Waals surface area contributed by atoms with Crippen molar-refractivity contribution in [1.29, 1.82) is 0 Å². The molecule has 0 rings (SSSR count). The quantitative estimate of drug-likeness (QED) is 0.180. The second kappa shape index (κ2) is 17.1. The maximum atomic E-state index is 12.0. The summed E-state index contributed by atoms with van der Waals surface area (Å²) < 4.78 is 15.7. The summed E-state index contributed by atoms with van der Waals surface area (Å²) in [6.07, 6.45) is 0.585. The van der Waals surface area contributed by atoms with Crippen LogP contribution in [0.1, 0.15) is 41.0 Å². The van der Waals surface area contributed by atoms with Crippen LogP contribution in [0.25, 0.3) is 0 Å². The maximum absolute atomic E-state index is 12.0. The second-order valence-electron chi connectivity index (χ2n) is 7.57. The SMILES string of the molecule is CCNC(=NCC(C)CN(C)C(=O)OC(C)(C)C)NCCCOCCOC.I. The highest BCUT2D eigenvalue weighted by atomic mass is 127. The number of aliphatic imine (C=N–C) groups is 1. The van der Waals surface area contributed by atoms with Crippen molar-refractivity contribution in [2.45, 2.75) is 46.6 Å². The topological polar surface area (TPSA) is 84.4 Å². The van der Waals surface area contributed by atoms with Gasteiger partial charge in [-0.1, -0.05) is 6.92 Å². The molecule has 0 aliphatic heterocycles. The average Bonchev–Trinajstić information content (AvgIpc) is 2.57. The van der Waals surface area contributed by atoms with Crippen LogP contribution >= 0.6 is 24.0 Å². The predicted octanol–water partition coefficient (Wildman–Crippen LogP) is 2.72. The Labute approximate surface area is 188 Å². The van der Waals surface area contributed by atoms with Gasteiger partial charge in [0.15, 0.2) is 5.96 Å². The van der Waals surface area contributed by atoms with Crippen molar-refractivity contribution in [1.82, 2.24) is 15.5 Å². The monoisotopic (exact) mass is 516 g/mol. The van der Waals surface area contributed by atoms with E-state index in [4.69, 9.17) is 14.2 Å². The van der Waals surface area contributed by atoms with Crippen molar-refractivity contribution in [3.05, 3.63) is 0 Å². The first-order chi connectivity index (χ1) is 12.7. The van der Waals surface area contributed by atoms with Gasteiger partial charge in [0.2, 0.25) is 0 Å². The fourth-order valence-electron chi connectivity index (χ4n) is 2.15. The zero-order chi connectivity index (χ0) is 20.7. The first-order valence-corrected chi connectivity index (χ1v) is 9.72. The van der Waals surface area contributed by atoms with Crippen LogP contribution in [-0.4, -0.2) is 82.7 Å². The van der Waals surface area contributed by atoms with Crippen LogP contribution in [0.3, 0.4) is 0 Å². The summed E-state index contributed by atoms with van der Waals surface area (Å²) in [4.78, 5) is 18.2. The van der Waals surface area contributed by atoms with Gasteiger partial charge in [-0.3, -0.25) is 4.99 Å². The van der Waals surface area contributed by atoms with E-state index in [1.54, 1.807) is 19.1 Å². The molecule has 0 aliphatic carbocycles. The van der Waals surface area contributed by atoms with Crippen molar-refractivity contribution in [3.63, 3.8) is 0 Å². The van der Waals surface area contributed by atoms with Gasteiger partial charge in [-0.05, 0) is 40.0 Å². The number of rotatable bonds is 12. The minimum absolute atomic E-state index is 0. The molecule has 28 heavy (non-hydrogen) atoms.